The SMILES string of the molecule is COc1ccccc1OCCN1C(=O)S/C(=C\c2c(OC)ccc3ccccc23)C1=O. The molecule has 7 heteroatoms. The van der Waals surface area contributed by atoms with Crippen molar-refractivity contribution in [2.45, 2.75) is 0 Å². The van der Waals surface area contributed by atoms with Gasteiger partial charge in [0.1, 0.15) is 12.4 Å². The number of methoxy groups -OCH3 is 2. The summed E-state index contributed by atoms with van der Waals surface area (Å²) in [6, 6.07) is 18.9. The van der Waals surface area contributed by atoms with Crippen LogP contribution in [0.2, 0.25) is 0 Å². The maximum atomic E-state index is 12.9. The van der Waals surface area contributed by atoms with Gasteiger partial charge in [0.15, 0.2) is 11.5 Å². The van der Waals surface area contributed by atoms with Crippen LogP contribution in [0.25, 0.3) is 16.8 Å². The molecule has 3 aromatic rings. The van der Waals surface area contributed by atoms with E-state index in [1.807, 2.05) is 48.5 Å². The first-order chi connectivity index (χ1) is 15.1. The maximum Gasteiger partial charge on any atom is 0.293 e. The van der Waals surface area contributed by atoms with Crippen LogP contribution < -0.4 is 14.2 Å². The van der Waals surface area contributed by atoms with Crippen molar-refractivity contribution in [1.29, 1.82) is 0 Å². The Morgan fingerprint density at radius 3 is 2.35 bits per heavy atom. The van der Waals surface area contributed by atoms with Gasteiger partial charge in [-0.25, -0.2) is 0 Å². The molecule has 31 heavy (non-hydrogen) atoms. The van der Waals surface area contributed by atoms with Crippen LogP contribution in [0.4, 0.5) is 4.79 Å². The zero-order valence-corrected chi connectivity index (χ0v) is 18.0. The third-order valence-electron chi connectivity index (χ3n) is 4.94. The molecular formula is C24H21NO5S. The van der Waals surface area contributed by atoms with Crippen LogP contribution in [0.15, 0.2) is 65.6 Å². The first-order valence-electron chi connectivity index (χ1n) is 9.69. The number of carbonyl (C=O) groups is 2. The van der Waals surface area contributed by atoms with Crippen LogP contribution in [-0.4, -0.2) is 43.4 Å². The molecule has 0 unspecified atom stereocenters. The summed E-state index contributed by atoms with van der Waals surface area (Å²) in [5, 5.41) is 1.66. The Labute approximate surface area is 184 Å². The quantitative estimate of drug-likeness (QED) is 0.488. The van der Waals surface area contributed by atoms with E-state index >= 15 is 0 Å². The van der Waals surface area contributed by atoms with Gasteiger partial charge in [-0.05, 0) is 46.8 Å². The highest BCUT2D eigenvalue weighted by atomic mass is 32.2. The molecule has 158 valence electrons. The molecular weight excluding hydrogens is 414 g/mol. The normalized spacial score (nSPS) is 15.0. The van der Waals surface area contributed by atoms with Gasteiger partial charge in [-0.3, -0.25) is 14.5 Å². The van der Waals surface area contributed by atoms with Crippen molar-refractivity contribution in [3.05, 3.63) is 71.1 Å². The number of ether oxygens (including phenoxy) is 3. The molecule has 1 aliphatic heterocycles. The van der Waals surface area contributed by atoms with Crippen LogP contribution in [0.5, 0.6) is 17.2 Å². The van der Waals surface area contributed by atoms with Gasteiger partial charge in [0.2, 0.25) is 0 Å². The molecule has 1 fully saturated rings. The van der Waals surface area contributed by atoms with Crippen molar-refractivity contribution in [3.8, 4) is 17.2 Å². The van der Waals surface area contributed by atoms with Crippen molar-refractivity contribution in [2.24, 2.45) is 0 Å². The van der Waals surface area contributed by atoms with Crippen molar-refractivity contribution >= 4 is 39.8 Å². The van der Waals surface area contributed by atoms with Gasteiger partial charge in [0.25, 0.3) is 11.1 Å². The van der Waals surface area contributed by atoms with E-state index in [9.17, 15) is 9.59 Å². The first kappa shape index (κ1) is 20.8. The number of para-hydroxylation sites is 2. The van der Waals surface area contributed by atoms with E-state index in [4.69, 9.17) is 14.2 Å². The molecule has 0 bridgehead atoms. The lowest BCUT2D eigenvalue weighted by molar-refractivity contribution is -0.123. The van der Waals surface area contributed by atoms with E-state index in [0.717, 1.165) is 28.1 Å². The number of hydrogen-bond acceptors (Lipinski definition) is 6. The minimum absolute atomic E-state index is 0.146. The van der Waals surface area contributed by atoms with Crippen molar-refractivity contribution in [3.63, 3.8) is 0 Å². The Kier molecular flexibility index (Phi) is 6.13. The van der Waals surface area contributed by atoms with E-state index in [0.29, 0.717) is 22.2 Å². The second kappa shape index (κ2) is 9.14. The predicted molar refractivity (Wildman–Crippen MR) is 122 cm³/mol. The minimum atomic E-state index is -0.339. The highest BCUT2D eigenvalue weighted by molar-refractivity contribution is 8.18. The minimum Gasteiger partial charge on any atom is -0.496 e. The van der Waals surface area contributed by atoms with Gasteiger partial charge in [0.05, 0.1) is 25.7 Å². The summed E-state index contributed by atoms with van der Waals surface area (Å²) in [5.41, 5.74) is 0.774. The summed E-state index contributed by atoms with van der Waals surface area (Å²) in [5.74, 6) is 1.46. The summed E-state index contributed by atoms with van der Waals surface area (Å²) in [4.78, 5) is 27.0. The van der Waals surface area contributed by atoms with Crippen LogP contribution >= 0.6 is 11.8 Å². The topological polar surface area (TPSA) is 65.1 Å². The molecule has 0 spiro atoms. The maximum absolute atomic E-state index is 12.9. The molecule has 1 saturated heterocycles. The zero-order chi connectivity index (χ0) is 21.8. The highest BCUT2D eigenvalue weighted by Crippen LogP contribution is 2.36. The lowest BCUT2D eigenvalue weighted by Crippen LogP contribution is -2.32. The van der Waals surface area contributed by atoms with Crippen molar-refractivity contribution in [2.75, 3.05) is 27.4 Å². The number of hydrogen-bond donors (Lipinski definition) is 0. The van der Waals surface area contributed by atoms with E-state index in [2.05, 4.69) is 0 Å². The largest absolute Gasteiger partial charge is 0.496 e. The number of rotatable bonds is 7. The molecule has 0 saturated carbocycles. The Morgan fingerprint density at radius 1 is 0.871 bits per heavy atom. The molecule has 1 aliphatic rings. The van der Waals surface area contributed by atoms with Crippen LogP contribution in [0.1, 0.15) is 5.56 Å². The predicted octanol–water partition coefficient (Wildman–Crippen LogP) is 4.97. The third-order valence-corrected chi connectivity index (χ3v) is 5.85. The number of carbonyl (C=O) groups excluding carboxylic acids is 2. The number of fused-ring (bicyclic) bond motifs is 1. The van der Waals surface area contributed by atoms with E-state index in [1.54, 1.807) is 32.4 Å². The summed E-state index contributed by atoms with van der Waals surface area (Å²) < 4.78 is 16.5. The summed E-state index contributed by atoms with van der Waals surface area (Å²) >= 11 is 0.921. The smallest absolute Gasteiger partial charge is 0.293 e. The Morgan fingerprint density at radius 2 is 1.58 bits per heavy atom. The molecule has 0 atom stereocenters. The zero-order valence-electron chi connectivity index (χ0n) is 17.2. The van der Waals surface area contributed by atoms with Crippen LogP contribution in [0, 0.1) is 0 Å². The summed E-state index contributed by atoms with van der Waals surface area (Å²) in [6.07, 6.45) is 1.73. The standard InChI is InChI=1S/C24H21NO5S/c1-28-19-12-11-16-7-3-4-8-17(16)18(19)15-22-23(26)25(24(27)31-22)13-14-30-21-10-6-5-9-20(21)29-2/h3-12,15H,13-14H2,1-2H3/b22-15-. The Balaban J connectivity index is 1.54. The monoisotopic (exact) mass is 435 g/mol. The number of thioether (sulfide) groups is 1. The second-order valence-electron chi connectivity index (χ2n) is 6.74. The fraction of sp³-hybridized carbons (Fsp3) is 0.167. The van der Waals surface area contributed by atoms with E-state index < -0.39 is 0 Å². The van der Waals surface area contributed by atoms with Gasteiger partial charge in [0, 0.05) is 5.56 Å². The highest BCUT2D eigenvalue weighted by Gasteiger charge is 2.35. The molecule has 1 heterocycles. The lowest BCUT2D eigenvalue weighted by atomic mass is 10.0. The third kappa shape index (κ3) is 4.22. The number of imide groups is 1. The molecule has 0 radical (unpaired) electrons. The fourth-order valence-electron chi connectivity index (χ4n) is 3.41. The van der Waals surface area contributed by atoms with Gasteiger partial charge < -0.3 is 14.2 Å². The fourth-order valence-corrected chi connectivity index (χ4v) is 4.26. The molecule has 2 amide bonds. The average Bonchev–Trinajstić information content (AvgIpc) is 3.07. The molecule has 6 nitrogen and oxygen atoms in total. The van der Waals surface area contributed by atoms with E-state index in [1.165, 1.54) is 4.90 Å². The number of benzene rings is 3. The first-order valence-corrected chi connectivity index (χ1v) is 10.5. The molecule has 0 aromatic heterocycles. The van der Waals surface area contributed by atoms with Crippen molar-refractivity contribution < 1.29 is 23.8 Å². The van der Waals surface area contributed by atoms with Gasteiger partial charge >= 0.3 is 0 Å². The number of nitrogens with zero attached hydrogens (tertiary/aromatic N) is 1. The number of amides is 2. The Bertz CT molecular complexity index is 1170. The van der Waals surface area contributed by atoms with Crippen LogP contribution in [0.3, 0.4) is 0 Å². The molecule has 0 N–H and O–H groups in total. The van der Waals surface area contributed by atoms with E-state index in [-0.39, 0.29) is 24.3 Å². The van der Waals surface area contributed by atoms with Gasteiger partial charge in [-0.2, -0.15) is 0 Å². The summed E-state index contributed by atoms with van der Waals surface area (Å²) in [7, 11) is 3.15. The lowest BCUT2D eigenvalue weighted by Gasteiger charge is -2.14. The van der Waals surface area contributed by atoms with Gasteiger partial charge in [-0.1, -0.05) is 42.5 Å². The second-order valence-corrected chi connectivity index (χ2v) is 7.73. The molecule has 0 aliphatic carbocycles. The molecule has 3 aromatic carbocycles. The molecule has 4 rings (SSSR count). The van der Waals surface area contributed by atoms with Gasteiger partial charge in [-0.15, -0.1) is 0 Å². The average molecular weight is 436 g/mol. The van der Waals surface area contributed by atoms with Crippen molar-refractivity contribution in [1.82, 2.24) is 4.90 Å². The Hall–Kier alpha value is -3.45. The summed E-state index contributed by atoms with van der Waals surface area (Å²) in [6.45, 7) is 0.315. The van der Waals surface area contributed by atoms with Crippen LogP contribution in [-0.2, 0) is 4.79 Å².